The van der Waals surface area contributed by atoms with Crippen molar-refractivity contribution in [3.63, 3.8) is 0 Å². The number of hydrogen-bond acceptors (Lipinski definition) is 3. The summed E-state index contributed by atoms with van der Waals surface area (Å²) in [6, 6.07) is 5.25. The normalized spacial score (nSPS) is 11.1. The van der Waals surface area contributed by atoms with Crippen molar-refractivity contribution in [3.8, 4) is 0 Å². The lowest BCUT2D eigenvalue weighted by Crippen LogP contribution is -2.25. The van der Waals surface area contributed by atoms with Crippen LogP contribution in [0, 0.1) is 6.92 Å². The van der Waals surface area contributed by atoms with Gasteiger partial charge in [0.15, 0.2) is 0 Å². The fraction of sp³-hybridized carbons (Fsp3) is 0.455. The van der Waals surface area contributed by atoms with Crippen molar-refractivity contribution >= 4 is 38.4 Å². The summed E-state index contributed by atoms with van der Waals surface area (Å²) in [6.45, 7) is 2.86. The maximum atomic E-state index is 12.0. The van der Waals surface area contributed by atoms with E-state index in [0.717, 1.165) is 18.4 Å². The molecule has 1 aromatic carbocycles. The predicted octanol–water partition coefficient (Wildman–Crippen LogP) is 2.20. The molecule has 0 atom stereocenters. The highest BCUT2D eigenvalue weighted by molar-refractivity contribution is 9.10. The van der Waals surface area contributed by atoms with Crippen molar-refractivity contribution in [1.29, 1.82) is 0 Å². The maximum Gasteiger partial charge on any atom is 0.241 e. The number of unbranched alkanes of at least 4 members (excludes halogenated alkanes) is 1. The van der Waals surface area contributed by atoms with Gasteiger partial charge in [0.05, 0.1) is 4.90 Å². The van der Waals surface area contributed by atoms with E-state index in [-0.39, 0.29) is 17.3 Å². The van der Waals surface area contributed by atoms with E-state index in [1.807, 2.05) is 13.0 Å². The zero-order valence-corrected chi connectivity index (χ0v) is 13.4. The van der Waals surface area contributed by atoms with Crippen molar-refractivity contribution in [3.05, 3.63) is 28.2 Å². The molecular formula is C11H18BrClN2O2S. The summed E-state index contributed by atoms with van der Waals surface area (Å²) in [4.78, 5) is 0.283. The van der Waals surface area contributed by atoms with E-state index in [0.29, 0.717) is 17.6 Å². The van der Waals surface area contributed by atoms with Crippen molar-refractivity contribution in [2.24, 2.45) is 5.73 Å². The van der Waals surface area contributed by atoms with E-state index in [1.165, 1.54) is 0 Å². The van der Waals surface area contributed by atoms with Gasteiger partial charge < -0.3 is 5.73 Å². The van der Waals surface area contributed by atoms with Crippen LogP contribution in [0.3, 0.4) is 0 Å². The smallest absolute Gasteiger partial charge is 0.241 e. The first-order valence-corrected chi connectivity index (χ1v) is 7.71. The molecule has 0 saturated heterocycles. The summed E-state index contributed by atoms with van der Waals surface area (Å²) in [5.41, 5.74) is 6.26. The second kappa shape index (κ2) is 8.12. The van der Waals surface area contributed by atoms with Crippen molar-refractivity contribution in [1.82, 2.24) is 4.72 Å². The van der Waals surface area contributed by atoms with Gasteiger partial charge in [-0.05, 0) is 59.9 Å². The zero-order valence-electron chi connectivity index (χ0n) is 10.1. The number of aryl methyl sites for hydroxylation is 1. The molecule has 0 amide bonds. The van der Waals surface area contributed by atoms with Gasteiger partial charge in [0.2, 0.25) is 10.0 Å². The molecule has 4 nitrogen and oxygen atoms in total. The molecule has 0 radical (unpaired) electrons. The largest absolute Gasteiger partial charge is 0.330 e. The van der Waals surface area contributed by atoms with Crippen molar-refractivity contribution in [2.75, 3.05) is 13.1 Å². The minimum Gasteiger partial charge on any atom is -0.330 e. The Balaban J connectivity index is 0.00000289. The van der Waals surface area contributed by atoms with E-state index >= 15 is 0 Å². The summed E-state index contributed by atoms with van der Waals surface area (Å²) >= 11 is 3.25. The van der Waals surface area contributed by atoms with Crippen LogP contribution in [-0.4, -0.2) is 21.5 Å². The van der Waals surface area contributed by atoms with Crippen LogP contribution < -0.4 is 10.5 Å². The molecule has 0 aliphatic rings. The zero-order chi connectivity index (χ0) is 12.9. The minimum absolute atomic E-state index is 0. The molecule has 0 aliphatic carbocycles. The number of nitrogens with one attached hydrogen (secondary N) is 1. The molecule has 0 unspecified atom stereocenters. The fourth-order valence-electron chi connectivity index (χ4n) is 1.37. The van der Waals surface area contributed by atoms with Gasteiger partial charge in [-0.2, -0.15) is 0 Å². The van der Waals surface area contributed by atoms with Crippen molar-refractivity contribution in [2.45, 2.75) is 24.7 Å². The first-order valence-electron chi connectivity index (χ1n) is 5.43. The van der Waals surface area contributed by atoms with Crippen LogP contribution in [0.15, 0.2) is 27.6 Å². The topological polar surface area (TPSA) is 72.2 Å². The Morgan fingerprint density at radius 2 is 2.00 bits per heavy atom. The Labute approximate surface area is 123 Å². The fourth-order valence-corrected chi connectivity index (χ4v) is 3.49. The lowest BCUT2D eigenvalue weighted by atomic mass is 10.2. The number of hydrogen-bond donors (Lipinski definition) is 2. The maximum absolute atomic E-state index is 12.0. The van der Waals surface area contributed by atoms with Gasteiger partial charge >= 0.3 is 0 Å². The molecule has 3 N–H and O–H groups in total. The summed E-state index contributed by atoms with van der Waals surface area (Å²) in [6.07, 6.45) is 1.57. The van der Waals surface area contributed by atoms with Gasteiger partial charge in [0.1, 0.15) is 0 Å². The molecule has 0 heterocycles. The van der Waals surface area contributed by atoms with E-state index in [2.05, 4.69) is 20.7 Å². The Bertz CT molecular complexity index is 480. The molecule has 0 aliphatic heterocycles. The Morgan fingerprint density at radius 3 is 2.61 bits per heavy atom. The predicted molar refractivity (Wildman–Crippen MR) is 79.6 cm³/mol. The number of sulfonamides is 1. The molecule has 1 aromatic rings. The first-order chi connectivity index (χ1) is 7.97. The highest BCUT2D eigenvalue weighted by Crippen LogP contribution is 2.22. The van der Waals surface area contributed by atoms with Crippen LogP contribution >= 0.6 is 28.3 Å². The monoisotopic (exact) mass is 356 g/mol. The minimum atomic E-state index is -3.43. The molecule has 0 fully saturated rings. The van der Waals surface area contributed by atoms with Gasteiger partial charge in [-0.15, -0.1) is 12.4 Å². The standard InChI is InChI=1S/C11H17BrN2O2S.ClH/c1-9-4-5-10(12)11(8-9)17(15,16)14-7-3-2-6-13;/h4-5,8,14H,2-3,6-7,13H2,1H3;1H. The second-order valence-electron chi connectivity index (χ2n) is 3.83. The van der Waals surface area contributed by atoms with Crippen molar-refractivity contribution < 1.29 is 8.42 Å². The second-order valence-corrected chi connectivity index (χ2v) is 6.42. The SMILES string of the molecule is Cc1ccc(Br)c(S(=O)(=O)NCCCCN)c1.Cl. The molecule has 1 rings (SSSR count). The molecule has 0 bridgehead atoms. The number of rotatable bonds is 6. The van der Waals surface area contributed by atoms with Crippen LogP contribution in [0.5, 0.6) is 0 Å². The van der Waals surface area contributed by atoms with Gasteiger partial charge in [0.25, 0.3) is 0 Å². The van der Waals surface area contributed by atoms with Gasteiger partial charge in [-0.1, -0.05) is 6.07 Å². The van der Waals surface area contributed by atoms with E-state index < -0.39 is 10.0 Å². The van der Waals surface area contributed by atoms with E-state index in [9.17, 15) is 8.42 Å². The van der Waals surface area contributed by atoms with Gasteiger partial charge in [-0.25, -0.2) is 13.1 Å². The molecule has 0 spiro atoms. The van der Waals surface area contributed by atoms with Crippen LogP contribution in [0.4, 0.5) is 0 Å². The van der Waals surface area contributed by atoms with Crippen LogP contribution in [0.1, 0.15) is 18.4 Å². The summed E-state index contributed by atoms with van der Waals surface area (Å²) in [7, 11) is -3.43. The van der Waals surface area contributed by atoms with Crippen LogP contribution in [0.25, 0.3) is 0 Å². The first kappa shape index (κ1) is 17.9. The van der Waals surface area contributed by atoms with Crippen LogP contribution in [-0.2, 0) is 10.0 Å². The molecule has 104 valence electrons. The third-order valence-corrected chi connectivity index (χ3v) is 4.75. The molecular weight excluding hydrogens is 340 g/mol. The Morgan fingerprint density at radius 1 is 1.33 bits per heavy atom. The van der Waals surface area contributed by atoms with E-state index in [4.69, 9.17) is 5.73 Å². The number of benzene rings is 1. The van der Waals surface area contributed by atoms with Gasteiger partial charge in [-0.3, -0.25) is 0 Å². The third-order valence-electron chi connectivity index (χ3n) is 2.30. The van der Waals surface area contributed by atoms with Crippen LogP contribution in [0.2, 0.25) is 0 Å². The summed E-state index contributed by atoms with van der Waals surface area (Å²) in [5.74, 6) is 0. The molecule has 7 heteroatoms. The van der Waals surface area contributed by atoms with E-state index in [1.54, 1.807) is 12.1 Å². The highest BCUT2D eigenvalue weighted by atomic mass is 79.9. The Hall–Kier alpha value is -0.140. The average Bonchev–Trinajstić information content (AvgIpc) is 2.28. The quantitative estimate of drug-likeness (QED) is 0.767. The summed E-state index contributed by atoms with van der Waals surface area (Å²) < 4.78 is 27.1. The summed E-state index contributed by atoms with van der Waals surface area (Å²) in [5, 5.41) is 0. The highest BCUT2D eigenvalue weighted by Gasteiger charge is 2.16. The molecule has 18 heavy (non-hydrogen) atoms. The average molecular weight is 358 g/mol. The number of halogens is 2. The Kier molecular flexibility index (Phi) is 8.05. The number of nitrogens with two attached hydrogens (primary N) is 1. The van der Waals surface area contributed by atoms with Gasteiger partial charge in [0, 0.05) is 11.0 Å². The lowest BCUT2D eigenvalue weighted by Gasteiger charge is -2.09. The molecule has 0 saturated carbocycles. The molecule has 0 aromatic heterocycles. The lowest BCUT2D eigenvalue weighted by molar-refractivity contribution is 0.576. The third kappa shape index (κ3) is 5.24.